The fourth-order valence-electron chi connectivity index (χ4n) is 2.01. The summed E-state index contributed by atoms with van der Waals surface area (Å²) in [6.07, 6.45) is 0.598. The number of sulfone groups is 1. The Labute approximate surface area is 112 Å². The van der Waals surface area contributed by atoms with Gasteiger partial charge in [-0.3, -0.25) is 4.79 Å². The SMILES string of the molecule is O=C1CC(c2nnco2)S(=O)(=O)c2cc(F)ccc2N1. The molecule has 1 aromatic heterocycles. The number of rotatable bonds is 1. The minimum Gasteiger partial charge on any atom is -0.427 e. The molecule has 7 nitrogen and oxygen atoms in total. The zero-order valence-corrected chi connectivity index (χ0v) is 10.7. The van der Waals surface area contributed by atoms with E-state index >= 15 is 0 Å². The predicted molar refractivity (Wildman–Crippen MR) is 63.9 cm³/mol. The highest BCUT2D eigenvalue weighted by Gasteiger charge is 2.39. The van der Waals surface area contributed by atoms with Crippen molar-refractivity contribution in [3.05, 3.63) is 36.3 Å². The van der Waals surface area contributed by atoms with Gasteiger partial charge < -0.3 is 9.73 Å². The van der Waals surface area contributed by atoms with Crippen LogP contribution in [-0.2, 0) is 14.6 Å². The van der Waals surface area contributed by atoms with Crippen molar-refractivity contribution < 1.29 is 22.0 Å². The van der Waals surface area contributed by atoms with E-state index < -0.39 is 26.8 Å². The molecule has 2 aromatic rings. The molecule has 104 valence electrons. The minimum atomic E-state index is -4.02. The summed E-state index contributed by atoms with van der Waals surface area (Å²) < 4.78 is 43.3. The van der Waals surface area contributed by atoms with Crippen molar-refractivity contribution in [1.82, 2.24) is 10.2 Å². The maximum absolute atomic E-state index is 13.3. The summed E-state index contributed by atoms with van der Waals surface area (Å²) >= 11 is 0. The number of hydrogen-bond donors (Lipinski definition) is 1. The highest BCUT2D eigenvalue weighted by molar-refractivity contribution is 7.91. The first-order valence-electron chi connectivity index (χ1n) is 5.58. The highest BCUT2D eigenvalue weighted by Crippen LogP contribution is 2.37. The van der Waals surface area contributed by atoms with Crippen molar-refractivity contribution in [1.29, 1.82) is 0 Å². The van der Waals surface area contributed by atoms with Gasteiger partial charge in [0, 0.05) is 0 Å². The van der Waals surface area contributed by atoms with Gasteiger partial charge in [-0.1, -0.05) is 0 Å². The van der Waals surface area contributed by atoms with E-state index in [0.29, 0.717) is 0 Å². The first-order chi connectivity index (χ1) is 9.48. The Kier molecular flexibility index (Phi) is 2.78. The zero-order chi connectivity index (χ0) is 14.3. The molecule has 9 heteroatoms. The Bertz CT molecular complexity index is 773. The van der Waals surface area contributed by atoms with Crippen molar-refractivity contribution in [3.63, 3.8) is 0 Å². The third kappa shape index (κ3) is 1.95. The molecule has 0 radical (unpaired) electrons. The van der Waals surface area contributed by atoms with E-state index in [9.17, 15) is 17.6 Å². The molecule has 1 amide bonds. The van der Waals surface area contributed by atoms with Crippen LogP contribution in [0.2, 0.25) is 0 Å². The van der Waals surface area contributed by atoms with Crippen molar-refractivity contribution in [2.24, 2.45) is 0 Å². The lowest BCUT2D eigenvalue weighted by molar-refractivity contribution is -0.116. The van der Waals surface area contributed by atoms with Crippen molar-refractivity contribution in [3.8, 4) is 0 Å². The number of carbonyl (C=O) groups is 1. The van der Waals surface area contributed by atoms with Crippen LogP contribution in [0.25, 0.3) is 0 Å². The molecule has 1 unspecified atom stereocenters. The van der Waals surface area contributed by atoms with Crippen molar-refractivity contribution in [2.45, 2.75) is 16.6 Å². The predicted octanol–water partition coefficient (Wildman–Crippen LogP) is 1.07. The van der Waals surface area contributed by atoms with E-state index in [1.165, 1.54) is 6.07 Å². The van der Waals surface area contributed by atoms with E-state index in [0.717, 1.165) is 18.5 Å². The van der Waals surface area contributed by atoms with E-state index in [2.05, 4.69) is 15.5 Å². The lowest BCUT2D eigenvalue weighted by atomic mass is 10.2. The molecule has 0 bridgehead atoms. The largest absolute Gasteiger partial charge is 0.427 e. The number of aromatic nitrogens is 2. The summed E-state index contributed by atoms with van der Waals surface area (Å²) in [5, 5.41) is 8.04. The fraction of sp³-hybridized carbons (Fsp3) is 0.182. The van der Waals surface area contributed by atoms with Crippen LogP contribution >= 0.6 is 0 Å². The molecule has 20 heavy (non-hydrogen) atoms. The number of fused-ring (bicyclic) bond motifs is 1. The van der Waals surface area contributed by atoms with Gasteiger partial charge in [0.15, 0.2) is 15.1 Å². The van der Waals surface area contributed by atoms with Gasteiger partial charge in [0.2, 0.25) is 18.2 Å². The molecule has 0 saturated carbocycles. The average Bonchev–Trinajstić information content (AvgIpc) is 2.88. The number of anilines is 1. The van der Waals surface area contributed by atoms with Gasteiger partial charge >= 0.3 is 0 Å². The second-order valence-corrected chi connectivity index (χ2v) is 6.30. The monoisotopic (exact) mass is 297 g/mol. The van der Waals surface area contributed by atoms with Crippen LogP contribution in [-0.4, -0.2) is 24.5 Å². The molecule has 1 aliphatic heterocycles. The number of benzene rings is 1. The third-order valence-corrected chi connectivity index (χ3v) is 4.99. The van der Waals surface area contributed by atoms with Crippen LogP contribution < -0.4 is 5.32 Å². The van der Waals surface area contributed by atoms with Crippen LogP contribution in [0.4, 0.5) is 10.1 Å². The highest BCUT2D eigenvalue weighted by atomic mass is 32.2. The first kappa shape index (κ1) is 12.7. The molecule has 0 fully saturated rings. The number of amides is 1. The maximum atomic E-state index is 13.3. The number of halogens is 1. The third-order valence-electron chi connectivity index (χ3n) is 2.92. The summed E-state index contributed by atoms with van der Waals surface area (Å²) in [6, 6.07) is 3.14. The maximum Gasteiger partial charge on any atom is 0.235 e. The Morgan fingerprint density at radius 1 is 1.40 bits per heavy atom. The molecule has 1 atom stereocenters. The smallest absolute Gasteiger partial charge is 0.235 e. The van der Waals surface area contributed by atoms with Crippen molar-refractivity contribution in [2.75, 3.05) is 5.32 Å². The van der Waals surface area contributed by atoms with Gasteiger partial charge in [-0.2, -0.15) is 0 Å². The van der Waals surface area contributed by atoms with Crippen LogP contribution in [0.3, 0.4) is 0 Å². The van der Waals surface area contributed by atoms with Crippen LogP contribution in [0, 0.1) is 5.82 Å². The fourth-order valence-corrected chi connectivity index (χ4v) is 3.76. The van der Waals surface area contributed by atoms with E-state index in [-0.39, 0.29) is 22.9 Å². The Hall–Kier alpha value is -2.29. The lowest BCUT2D eigenvalue weighted by Gasteiger charge is -2.10. The first-order valence-corrected chi connectivity index (χ1v) is 7.12. The Morgan fingerprint density at radius 2 is 2.20 bits per heavy atom. The summed E-state index contributed by atoms with van der Waals surface area (Å²) in [5.41, 5.74) is 0.0402. The second-order valence-electron chi connectivity index (χ2n) is 4.20. The van der Waals surface area contributed by atoms with E-state index in [4.69, 9.17) is 4.42 Å². The standard InChI is InChI=1S/C11H8FN3O4S/c12-6-1-2-7-8(3-6)20(17,18)9(4-10(16)14-7)11-15-13-5-19-11/h1-3,5,9H,4H2,(H,14,16). The lowest BCUT2D eigenvalue weighted by Crippen LogP contribution is -2.17. The quantitative estimate of drug-likeness (QED) is 0.844. The molecule has 1 aromatic carbocycles. The molecule has 0 spiro atoms. The molecule has 2 heterocycles. The number of nitrogens with one attached hydrogen (secondary N) is 1. The summed E-state index contributed by atoms with van der Waals surface area (Å²) in [6.45, 7) is 0. The summed E-state index contributed by atoms with van der Waals surface area (Å²) in [5.74, 6) is -1.44. The van der Waals surface area contributed by atoms with Gasteiger partial charge in [0.05, 0.1) is 17.0 Å². The van der Waals surface area contributed by atoms with Crippen molar-refractivity contribution >= 4 is 21.4 Å². The minimum absolute atomic E-state index is 0.0402. The van der Waals surface area contributed by atoms with Crippen LogP contribution in [0.1, 0.15) is 17.6 Å². The topological polar surface area (TPSA) is 102 Å². The van der Waals surface area contributed by atoms with Gasteiger partial charge in [0.25, 0.3) is 0 Å². The van der Waals surface area contributed by atoms with Gasteiger partial charge in [-0.15, -0.1) is 10.2 Å². The summed E-state index contributed by atoms with van der Waals surface area (Å²) in [7, 11) is -4.02. The number of hydrogen-bond acceptors (Lipinski definition) is 6. The Morgan fingerprint density at radius 3 is 2.90 bits per heavy atom. The number of nitrogens with zero attached hydrogens (tertiary/aromatic N) is 2. The molecular formula is C11H8FN3O4S. The van der Waals surface area contributed by atoms with Gasteiger partial charge in [0.1, 0.15) is 5.82 Å². The molecular weight excluding hydrogens is 289 g/mol. The zero-order valence-electron chi connectivity index (χ0n) is 9.91. The van der Waals surface area contributed by atoms with Crippen LogP contribution in [0.15, 0.2) is 33.9 Å². The normalized spacial score (nSPS) is 20.9. The molecule has 0 saturated heterocycles. The van der Waals surface area contributed by atoms with Gasteiger partial charge in [-0.05, 0) is 18.2 Å². The molecule has 1 aliphatic rings. The van der Waals surface area contributed by atoms with Crippen LogP contribution in [0.5, 0.6) is 0 Å². The van der Waals surface area contributed by atoms with Gasteiger partial charge in [-0.25, -0.2) is 12.8 Å². The van der Waals surface area contributed by atoms with E-state index in [1.54, 1.807) is 0 Å². The van der Waals surface area contributed by atoms with E-state index in [1.807, 2.05) is 0 Å². The molecule has 1 N–H and O–H groups in total. The molecule has 0 aliphatic carbocycles. The number of carbonyl (C=O) groups excluding carboxylic acids is 1. The summed E-state index contributed by atoms with van der Waals surface area (Å²) in [4.78, 5) is 11.5. The Balaban J connectivity index is 2.23. The molecule has 3 rings (SSSR count). The average molecular weight is 297 g/mol. The second kappa shape index (κ2) is 4.37.